The number of carbonyl (C=O) groups is 2. The minimum atomic E-state index is -0.842. The molecule has 0 unspecified atom stereocenters. The number of nitrogens with zero attached hydrogens (tertiary/aromatic N) is 2. The molecule has 1 N–H and O–H groups in total. The highest BCUT2D eigenvalue weighted by atomic mass is 16.6. The second-order valence-electron chi connectivity index (χ2n) is 7.32. The van der Waals surface area contributed by atoms with Crippen LogP contribution in [0.15, 0.2) is 58.8 Å². The van der Waals surface area contributed by atoms with Crippen LogP contribution >= 0.6 is 0 Å². The zero-order valence-electron chi connectivity index (χ0n) is 19.2. The minimum absolute atomic E-state index is 0.188. The van der Waals surface area contributed by atoms with Crippen molar-refractivity contribution < 1.29 is 28.9 Å². The van der Waals surface area contributed by atoms with Crippen LogP contribution in [0.4, 0.5) is 11.4 Å². The number of hydrogen-bond acceptors (Lipinski definition) is 8. The molecule has 0 amide bonds. The highest BCUT2D eigenvalue weighted by molar-refractivity contribution is 5.94. The maximum Gasteiger partial charge on any atom is 0.320 e. The molecule has 33 heavy (non-hydrogen) atoms. The van der Waals surface area contributed by atoms with Crippen molar-refractivity contribution in [1.82, 2.24) is 0 Å². The van der Waals surface area contributed by atoms with Gasteiger partial charge in [0, 0.05) is 0 Å². The van der Waals surface area contributed by atoms with Crippen LogP contribution in [-0.4, -0.2) is 36.9 Å². The number of rotatable bonds is 14. The van der Waals surface area contributed by atoms with E-state index in [-0.39, 0.29) is 19.0 Å². The second kappa shape index (κ2) is 14.6. The Morgan fingerprint density at radius 2 is 1.30 bits per heavy atom. The summed E-state index contributed by atoms with van der Waals surface area (Å²) in [5, 5.41) is 17.6. The number of azo groups is 1. The van der Waals surface area contributed by atoms with Crippen LogP contribution in [0.2, 0.25) is 0 Å². The number of phenolic OH excluding ortho intramolecular Hbond substituents is 1. The number of hydrogen-bond donors (Lipinski definition) is 1. The van der Waals surface area contributed by atoms with Crippen molar-refractivity contribution >= 4 is 23.3 Å². The van der Waals surface area contributed by atoms with E-state index in [0.717, 1.165) is 31.4 Å². The van der Waals surface area contributed by atoms with Gasteiger partial charge in [-0.2, -0.15) is 10.2 Å². The minimum Gasteiger partial charge on any atom is -0.508 e. The number of aromatic hydroxyl groups is 1. The Bertz CT molecular complexity index is 863. The summed E-state index contributed by atoms with van der Waals surface area (Å²) < 4.78 is 15.7. The highest BCUT2D eigenvalue weighted by Crippen LogP contribution is 2.23. The lowest BCUT2D eigenvalue weighted by molar-refractivity contribution is -0.161. The van der Waals surface area contributed by atoms with Crippen molar-refractivity contribution in [3.63, 3.8) is 0 Å². The fourth-order valence-electron chi connectivity index (χ4n) is 3.06. The van der Waals surface area contributed by atoms with Crippen LogP contribution in [0.25, 0.3) is 0 Å². The standard InChI is InChI=1S/C25H32N2O6/c1-3-31-24(29)23(25(30)32-4-2)9-7-5-6-8-18-33-22-16-12-20(13-17-22)27-26-19-10-14-21(28)15-11-19/h10-17,23,28H,3-9,18H2,1-2H3. The third-order valence-corrected chi connectivity index (χ3v) is 4.77. The summed E-state index contributed by atoms with van der Waals surface area (Å²) in [6.45, 7) is 4.50. The summed E-state index contributed by atoms with van der Waals surface area (Å²) in [6.07, 6.45) is 3.85. The molecule has 2 rings (SSSR count). The predicted octanol–water partition coefficient (Wildman–Crippen LogP) is 5.88. The topological polar surface area (TPSA) is 107 Å². The molecule has 2 aromatic rings. The molecule has 0 heterocycles. The molecule has 0 aromatic heterocycles. The van der Waals surface area contributed by atoms with Gasteiger partial charge in [-0.25, -0.2) is 0 Å². The first-order chi connectivity index (χ1) is 16.0. The molecule has 0 atom stereocenters. The van der Waals surface area contributed by atoms with Gasteiger partial charge in [0.05, 0.1) is 31.2 Å². The molecule has 8 heteroatoms. The van der Waals surface area contributed by atoms with E-state index < -0.39 is 17.9 Å². The van der Waals surface area contributed by atoms with Crippen molar-refractivity contribution in [3.05, 3.63) is 48.5 Å². The first kappa shape index (κ1) is 25.8. The number of ether oxygens (including phenoxy) is 3. The smallest absolute Gasteiger partial charge is 0.320 e. The molecule has 0 aliphatic carbocycles. The van der Waals surface area contributed by atoms with E-state index in [2.05, 4.69) is 10.2 Å². The normalized spacial score (nSPS) is 11.0. The van der Waals surface area contributed by atoms with Crippen LogP contribution in [0.1, 0.15) is 46.0 Å². The van der Waals surface area contributed by atoms with Crippen molar-refractivity contribution in [2.75, 3.05) is 19.8 Å². The third-order valence-electron chi connectivity index (χ3n) is 4.77. The summed E-state index contributed by atoms with van der Waals surface area (Å²) in [6, 6.07) is 13.8. The van der Waals surface area contributed by atoms with Crippen molar-refractivity contribution in [3.8, 4) is 11.5 Å². The van der Waals surface area contributed by atoms with Gasteiger partial charge in [0.2, 0.25) is 0 Å². The summed E-state index contributed by atoms with van der Waals surface area (Å²) >= 11 is 0. The molecule has 0 saturated carbocycles. The maximum atomic E-state index is 12.0. The average molecular weight is 457 g/mol. The molecule has 0 saturated heterocycles. The highest BCUT2D eigenvalue weighted by Gasteiger charge is 2.28. The average Bonchev–Trinajstić information content (AvgIpc) is 2.81. The zero-order valence-corrected chi connectivity index (χ0v) is 19.2. The monoisotopic (exact) mass is 456 g/mol. The molecular weight excluding hydrogens is 424 g/mol. The second-order valence-corrected chi connectivity index (χ2v) is 7.32. The Labute approximate surface area is 194 Å². The lowest BCUT2D eigenvalue weighted by Gasteiger charge is -2.14. The fraction of sp³-hybridized carbons (Fsp3) is 0.440. The molecule has 0 aliphatic heterocycles. The molecule has 0 aliphatic rings. The molecule has 2 aromatic carbocycles. The summed E-state index contributed by atoms with van der Waals surface area (Å²) in [5.41, 5.74) is 1.36. The Kier molecular flexibility index (Phi) is 11.4. The van der Waals surface area contributed by atoms with Crippen LogP contribution < -0.4 is 4.74 Å². The molecule has 0 bridgehead atoms. The van der Waals surface area contributed by atoms with E-state index in [4.69, 9.17) is 14.2 Å². The number of benzene rings is 2. The van der Waals surface area contributed by atoms with E-state index in [1.165, 1.54) is 0 Å². The van der Waals surface area contributed by atoms with E-state index >= 15 is 0 Å². The van der Waals surface area contributed by atoms with E-state index in [1.54, 1.807) is 38.1 Å². The van der Waals surface area contributed by atoms with Gasteiger partial charge in [-0.05, 0) is 75.2 Å². The molecular formula is C25H32N2O6. The SMILES string of the molecule is CCOC(=O)C(CCCCCCOc1ccc(N=Nc2ccc(O)cc2)cc1)C(=O)OCC. The Morgan fingerprint density at radius 1 is 0.788 bits per heavy atom. The molecule has 0 spiro atoms. The van der Waals surface area contributed by atoms with E-state index in [1.807, 2.05) is 24.3 Å². The zero-order chi connectivity index (χ0) is 23.9. The largest absolute Gasteiger partial charge is 0.508 e. The molecule has 0 fully saturated rings. The fourth-order valence-corrected chi connectivity index (χ4v) is 3.06. The van der Waals surface area contributed by atoms with Gasteiger partial charge in [-0.3, -0.25) is 9.59 Å². The quantitative estimate of drug-likeness (QED) is 0.165. The van der Waals surface area contributed by atoms with E-state index in [9.17, 15) is 14.7 Å². The summed E-state index contributed by atoms with van der Waals surface area (Å²) in [5.74, 6) is -0.919. The molecule has 178 valence electrons. The lowest BCUT2D eigenvalue weighted by Crippen LogP contribution is -2.28. The van der Waals surface area contributed by atoms with Crippen LogP contribution in [0.5, 0.6) is 11.5 Å². The van der Waals surface area contributed by atoms with Gasteiger partial charge in [0.15, 0.2) is 5.92 Å². The van der Waals surface area contributed by atoms with Gasteiger partial charge in [0.25, 0.3) is 0 Å². The van der Waals surface area contributed by atoms with Gasteiger partial charge in [0.1, 0.15) is 11.5 Å². The maximum absolute atomic E-state index is 12.0. The van der Waals surface area contributed by atoms with Crippen LogP contribution in [0, 0.1) is 5.92 Å². The van der Waals surface area contributed by atoms with Gasteiger partial charge in [-0.1, -0.05) is 19.3 Å². The van der Waals surface area contributed by atoms with Crippen LogP contribution in [0.3, 0.4) is 0 Å². The Morgan fingerprint density at radius 3 is 1.85 bits per heavy atom. The number of esters is 2. The lowest BCUT2D eigenvalue weighted by atomic mass is 10.0. The van der Waals surface area contributed by atoms with Crippen molar-refractivity contribution in [2.45, 2.75) is 46.0 Å². The van der Waals surface area contributed by atoms with Crippen LogP contribution in [-0.2, 0) is 19.1 Å². The summed E-state index contributed by atoms with van der Waals surface area (Å²) in [7, 11) is 0. The van der Waals surface area contributed by atoms with Gasteiger partial charge >= 0.3 is 11.9 Å². The van der Waals surface area contributed by atoms with Gasteiger partial charge in [-0.15, -0.1) is 0 Å². The Balaban J connectivity index is 1.65. The van der Waals surface area contributed by atoms with E-state index in [0.29, 0.717) is 24.4 Å². The first-order valence-corrected chi connectivity index (χ1v) is 11.3. The predicted molar refractivity (Wildman–Crippen MR) is 124 cm³/mol. The number of carbonyl (C=O) groups excluding carboxylic acids is 2. The first-order valence-electron chi connectivity index (χ1n) is 11.3. The van der Waals surface area contributed by atoms with Crippen molar-refractivity contribution in [1.29, 1.82) is 0 Å². The van der Waals surface area contributed by atoms with Gasteiger partial charge < -0.3 is 19.3 Å². The number of unbranched alkanes of at least 4 members (excludes halogenated alkanes) is 3. The molecule has 0 radical (unpaired) electrons. The summed E-state index contributed by atoms with van der Waals surface area (Å²) in [4.78, 5) is 23.9. The van der Waals surface area contributed by atoms with Crippen molar-refractivity contribution in [2.24, 2.45) is 16.1 Å². The molecule has 8 nitrogen and oxygen atoms in total. The number of phenols is 1. The third kappa shape index (κ3) is 9.72. The Hall–Kier alpha value is -3.42.